The van der Waals surface area contributed by atoms with Crippen molar-refractivity contribution in [3.05, 3.63) is 23.8 Å². The molecule has 2 fully saturated rings. The highest BCUT2D eigenvalue weighted by Crippen LogP contribution is 2.32. The van der Waals surface area contributed by atoms with E-state index >= 15 is 0 Å². The fourth-order valence-electron chi connectivity index (χ4n) is 3.48. The first kappa shape index (κ1) is 17.6. The number of carbonyl (C=O) groups excluding carboxylic acids is 2. The number of hydrogen-bond acceptors (Lipinski definition) is 4. The number of carbonyl (C=O) groups is 2. The lowest BCUT2D eigenvalue weighted by Gasteiger charge is -2.17. The van der Waals surface area contributed by atoms with Crippen LogP contribution in [0, 0.1) is 5.92 Å². The van der Waals surface area contributed by atoms with Gasteiger partial charge in [0.05, 0.1) is 19.1 Å². The van der Waals surface area contributed by atoms with Gasteiger partial charge in [-0.15, -0.1) is 0 Å². The highest BCUT2D eigenvalue weighted by atomic mass is 16.5. The Morgan fingerprint density at radius 2 is 2.04 bits per heavy atom. The van der Waals surface area contributed by atoms with Crippen molar-refractivity contribution < 1.29 is 19.1 Å². The summed E-state index contributed by atoms with van der Waals surface area (Å²) in [6, 6.07) is 5.73. The summed E-state index contributed by atoms with van der Waals surface area (Å²) in [6.45, 7) is 0.904. The normalized spacial score (nSPS) is 20.8. The molecular weight excluding hydrogens is 320 g/mol. The quantitative estimate of drug-likeness (QED) is 0.857. The van der Waals surface area contributed by atoms with Crippen molar-refractivity contribution in [3.8, 4) is 11.5 Å². The molecule has 0 bridgehead atoms. The molecule has 2 amide bonds. The molecule has 0 aromatic heterocycles. The predicted molar refractivity (Wildman–Crippen MR) is 93.5 cm³/mol. The number of nitrogens with one attached hydrogen (secondary N) is 1. The molecule has 6 heteroatoms. The van der Waals surface area contributed by atoms with Gasteiger partial charge in [-0.1, -0.05) is 6.07 Å². The van der Waals surface area contributed by atoms with Crippen LogP contribution in [0.25, 0.3) is 0 Å². The zero-order chi connectivity index (χ0) is 17.8. The summed E-state index contributed by atoms with van der Waals surface area (Å²) in [6.07, 6.45) is 5.11. The number of ether oxygens (including phenoxy) is 2. The second-order valence-electron chi connectivity index (χ2n) is 6.90. The van der Waals surface area contributed by atoms with Crippen LogP contribution < -0.4 is 14.8 Å². The summed E-state index contributed by atoms with van der Waals surface area (Å²) in [5, 5.41) is 2.93. The molecule has 136 valence electrons. The second kappa shape index (κ2) is 7.76. The molecule has 1 aliphatic carbocycles. The molecule has 6 nitrogen and oxygen atoms in total. The summed E-state index contributed by atoms with van der Waals surface area (Å²) >= 11 is 0. The van der Waals surface area contributed by atoms with Crippen LogP contribution in [0.4, 0.5) is 0 Å². The molecular formula is C19H26N2O4. The molecule has 1 aromatic rings. The van der Waals surface area contributed by atoms with Crippen molar-refractivity contribution in [2.75, 3.05) is 20.7 Å². The summed E-state index contributed by atoms with van der Waals surface area (Å²) in [5.41, 5.74) is 0.958. The molecule has 1 N–H and O–H groups in total. The summed E-state index contributed by atoms with van der Waals surface area (Å²) < 4.78 is 11.5. The maximum absolute atomic E-state index is 12.3. The Morgan fingerprint density at radius 1 is 1.28 bits per heavy atom. The van der Waals surface area contributed by atoms with Crippen LogP contribution in [0.3, 0.4) is 0 Å². The van der Waals surface area contributed by atoms with E-state index in [1.54, 1.807) is 19.1 Å². The van der Waals surface area contributed by atoms with E-state index in [0.29, 0.717) is 25.3 Å². The van der Waals surface area contributed by atoms with E-state index in [1.807, 2.05) is 18.2 Å². The summed E-state index contributed by atoms with van der Waals surface area (Å²) in [5.74, 6) is 1.13. The Bertz CT molecular complexity index is 640. The number of methoxy groups -OCH3 is 1. The number of benzene rings is 1. The van der Waals surface area contributed by atoms with Gasteiger partial charge in [-0.3, -0.25) is 9.59 Å². The number of nitrogens with zero attached hydrogens (tertiary/aromatic N) is 1. The van der Waals surface area contributed by atoms with Crippen LogP contribution in [-0.2, 0) is 16.1 Å². The smallest absolute Gasteiger partial charge is 0.225 e. The molecule has 3 rings (SSSR count). The average Bonchev–Trinajstić information content (AvgIpc) is 3.23. The number of hydrogen-bond donors (Lipinski definition) is 1. The third-order valence-electron chi connectivity index (χ3n) is 5.00. The maximum Gasteiger partial charge on any atom is 0.225 e. The van der Waals surface area contributed by atoms with Gasteiger partial charge in [-0.25, -0.2) is 0 Å². The van der Waals surface area contributed by atoms with E-state index < -0.39 is 0 Å². The van der Waals surface area contributed by atoms with Crippen molar-refractivity contribution in [3.63, 3.8) is 0 Å². The lowest BCUT2D eigenvalue weighted by atomic mass is 10.1. The van der Waals surface area contributed by atoms with Crippen LogP contribution in [0.5, 0.6) is 11.5 Å². The number of amides is 2. The third kappa shape index (κ3) is 4.24. The van der Waals surface area contributed by atoms with Gasteiger partial charge in [0.15, 0.2) is 11.5 Å². The average molecular weight is 346 g/mol. The fourth-order valence-corrected chi connectivity index (χ4v) is 3.48. The largest absolute Gasteiger partial charge is 0.493 e. The highest BCUT2D eigenvalue weighted by molar-refractivity contribution is 5.89. The molecule has 1 aliphatic heterocycles. The molecule has 1 atom stereocenters. The molecule has 1 aromatic carbocycles. The van der Waals surface area contributed by atoms with Crippen LogP contribution in [-0.4, -0.2) is 43.5 Å². The number of rotatable bonds is 6. The monoisotopic (exact) mass is 346 g/mol. The van der Waals surface area contributed by atoms with Gasteiger partial charge in [-0.2, -0.15) is 0 Å². The summed E-state index contributed by atoms with van der Waals surface area (Å²) in [4.78, 5) is 25.4. The number of likely N-dealkylation sites (tertiary alicyclic amines) is 1. The maximum atomic E-state index is 12.3. The molecule has 0 spiro atoms. The first-order valence-electron chi connectivity index (χ1n) is 8.92. The zero-order valence-corrected chi connectivity index (χ0v) is 14.9. The lowest BCUT2D eigenvalue weighted by molar-refractivity contribution is -0.128. The Morgan fingerprint density at radius 3 is 2.68 bits per heavy atom. The van der Waals surface area contributed by atoms with Crippen molar-refractivity contribution in [2.24, 2.45) is 5.92 Å². The minimum Gasteiger partial charge on any atom is -0.493 e. The fraction of sp³-hybridized carbons (Fsp3) is 0.579. The van der Waals surface area contributed by atoms with Gasteiger partial charge in [-0.05, 0) is 43.4 Å². The van der Waals surface area contributed by atoms with E-state index in [4.69, 9.17) is 9.47 Å². The van der Waals surface area contributed by atoms with Gasteiger partial charge in [0, 0.05) is 26.6 Å². The Balaban J connectivity index is 1.60. The molecule has 25 heavy (non-hydrogen) atoms. The molecule has 0 unspecified atom stereocenters. The van der Waals surface area contributed by atoms with E-state index in [9.17, 15) is 9.59 Å². The minimum atomic E-state index is -0.259. The molecule has 1 saturated heterocycles. The van der Waals surface area contributed by atoms with Gasteiger partial charge in [0.2, 0.25) is 11.8 Å². The Hall–Kier alpha value is -2.24. The first-order valence-corrected chi connectivity index (χ1v) is 8.92. The van der Waals surface area contributed by atoms with Crippen molar-refractivity contribution >= 4 is 11.8 Å². The van der Waals surface area contributed by atoms with Gasteiger partial charge in [0.1, 0.15) is 0 Å². The van der Waals surface area contributed by atoms with Crippen LogP contribution in [0.1, 0.15) is 37.7 Å². The van der Waals surface area contributed by atoms with E-state index in [1.165, 1.54) is 12.8 Å². The van der Waals surface area contributed by atoms with Crippen molar-refractivity contribution in [1.29, 1.82) is 0 Å². The van der Waals surface area contributed by atoms with E-state index in [-0.39, 0.29) is 23.8 Å². The van der Waals surface area contributed by atoms with E-state index in [2.05, 4.69) is 5.32 Å². The molecule has 0 radical (unpaired) electrons. The zero-order valence-electron chi connectivity index (χ0n) is 14.9. The third-order valence-corrected chi connectivity index (χ3v) is 5.00. The minimum absolute atomic E-state index is 0.0249. The second-order valence-corrected chi connectivity index (χ2v) is 6.90. The topological polar surface area (TPSA) is 67.9 Å². The van der Waals surface area contributed by atoms with Crippen LogP contribution in [0.15, 0.2) is 18.2 Å². The molecule has 1 heterocycles. The van der Waals surface area contributed by atoms with Crippen LogP contribution >= 0.6 is 0 Å². The predicted octanol–water partition coefficient (Wildman–Crippen LogP) is 2.11. The standard InChI is InChI=1S/C19H26N2O4/c1-21-12-14(10-18(21)22)19(23)20-11-13-7-8-16(24-2)17(9-13)25-15-5-3-4-6-15/h7-9,14-15H,3-6,10-12H2,1-2H3,(H,20,23)/t14-/m0/s1. The van der Waals surface area contributed by atoms with Crippen molar-refractivity contribution in [2.45, 2.75) is 44.8 Å². The van der Waals surface area contributed by atoms with E-state index in [0.717, 1.165) is 24.2 Å². The van der Waals surface area contributed by atoms with Crippen molar-refractivity contribution in [1.82, 2.24) is 10.2 Å². The van der Waals surface area contributed by atoms with Gasteiger partial charge >= 0.3 is 0 Å². The Labute approximate surface area is 148 Å². The van der Waals surface area contributed by atoms with Crippen LogP contribution in [0.2, 0.25) is 0 Å². The highest BCUT2D eigenvalue weighted by Gasteiger charge is 2.31. The Kier molecular flexibility index (Phi) is 5.46. The summed E-state index contributed by atoms with van der Waals surface area (Å²) in [7, 11) is 3.36. The van der Waals surface area contributed by atoms with Gasteiger partial charge in [0.25, 0.3) is 0 Å². The first-order chi connectivity index (χ1) is 12.1. The SMILES string of the molecule is COc1ccc(CNC(=O)[C@H]2CC(=O)N(C)C2)cc1OC1CCCC1. The molecule has 1 saturated carbocycles. The molecule has 2 aliphatic rings. The lowest BCUT2D eigenvalue weighted by Crippen LogP contribution is -2.31. The van der Waals surface area contributed by atoms with Gasteiger partial charge < -0.3 is 19.7 Å².